The molecule has 1 unspecified atom stereocenters. The van der Waals surface area contributed by atoms with E-state index in [0.717, 1.165) is 24.2 Å². The summed E-state index contributed by atoms with van der Waals surface area (Å²) in [6, 6.07) is 9.06. The van der Waals surface area contributed by atoms with Crippen molar-refractivity contribution in [2.45, 2.75) is 25.5 Å². The van der Waals surface area contributed by atoms with Gasteiger partial charge < -0.3 is 14.7 Å². The van der Waals surface area contributed by atoms with Crippen LogP contribution in [0.5, 0.6) is 0 Å². The first-order valence-corrected chi connectivity index (χ1v) is 8.83. The fourth-order valence-electron chi connectivity index (χ4n) is 2.83. The number of carbonyl (C=O) groups is 2. The van der Waals surface area contributed by atoms with E-state index in [1.54, 1.807) is 17.0 Å². The number of hydrogen-bond donors (Lipinski definition) is 1. The summed E-state index contributed by atoms with van der Waals surface area (Å²) in [5.74, 6) is -1.68. The SMILES string of the molecule is O=C(O)c1ccc(C(=O)N(Cc2cccc(F)c2)CC2CCCO2)s1. The van der Waals surface area contributed by atoms with E-state index in [1.165, 1.54) is 24.3 Å². The molecular weight excluding hydrogens is 345 g/mol. The minimum atomic E-state index is -1.06. The lowest BCUT2D eigenvalue weighted by molar-refractivity contribution is 0.0510. The predicted octanol–water partition coefficient (Wildman–Crippen LogP) is 3.41. The summed E-state index contributed by atoms with van der Waals surface area (Å²) in [7, 11) is 0. The van der Waals surface area contributed by atoms with E-state index in [2.05, 4.69) is 0 Å². The number of carbonyl (C=O) groups excluding carboxylic acids is 1. The zero-order valence-electron chi connectivity index (χ0n) is 13.5. The molecule has 0 aliphatic carbocycles. The molecule has 1 saturated heterocycles. The van der Waals surface area contributed by atoms with E-state index in [-0.39, 0.29) is 29.3 Å². The smallest absolute Gasteiger partial charge is 0.345 e. The summed E-state index contributed by atoms with van der Waals surface area (Å²) in [5, 5.41) is 9.04. The van der Waals surface area contributed by atoms with Gasteiger partial charge in [-0.15, -0.1) is 11.3 Å². The Kier molecular flexibility index (Phi) is 5.45. The molecule has 1 aliphatic rings. The number of amides is 1. The minimum absolute atomic E-state index is 0.0450. The third-order valence-corrected chi connectivity index (χ3v) is 5.09. The second-order valence-corrected chi connectivity index (χ2v) is 7.00. The maximum Gasteiger partial charge on any atom is 0.345 e. The van der Waals surface area contributed by atoms with Crippen molar-refractivity contribution in [3.8, 4) is 0 Å². The molecule has 0 radical (unpaired) electrons. The van der Waals surface area contributed by atoms with E-state index >= 15 is 0 Å². The van der Waals surface area contributed by atoms with Gasteiger partial charge in [0.25, 0.3) is 5.91 Å². The second kappa shape index (κ2) is 7.76. The molecule has 2 aromatic rings. The van der Waals surface area contributed by atoms with Crippen molar-refractivity contribution >= 4 is 23.2 Å². The number of nitrogens with zero attached hydrogens (tertiary/aromatic N) is 1. The van der Waals surface area contributed by atoms with Crippen LogP contribution in [0.4, 0.5) is 4.39 Å². The average Bonchev–Trinajstić information content (AvgIpc) is 3.25. The Labute approximate surface area is 148 Å². The largest absolute Gasteiger partial charge is 0.477 e. The van der Waals surface area contributed by atoms with Gasteiger partial charge in [0, 0.05) is 19.7 Å². The molecule has 132 valence electrons. The van der Waals surface area contributed by atoms with Crippen molar-refractivity contribution in [3.63, 3.8) is 0 Å². The van der Waals surface area contributed by atoms with E-state index in [0.29, 0.717) is 23.6 Å². The molecule has 5 nitrogen and oxygen atoms in total. The molecule has 3 rings (SSSR count). The van der Waals surface area contributed by atoms with Crippen molar-refractivity contribution < 1.29 is 23.8 Å². The summed E-state index contributed by atoms with van der Waals surface area (Å²) < 4.78 is 19.1. The zero-order valence-corrected chi connectivity index (χ0v) is 14.3. The number of thiophene rings is 1. The van der Waals surface area contributed by atoms with Crippen LogP contribution in [-0.4, -0.2) is 41.1 Å². The van der Waals surface area contributed by atoms with Gasteiger partial charge in [-0.3, -0.25) is 4.79 Å². The van der Waals surface area contributed by atoms with Crippen LogP contribution in [0.25, 0.3) is 0 Å². The third-order valence-electron chi connectivity index (χ3n) is 4.03. The highest BCUT2D eigenvalue weighted by Gasteiger charge is 2.25. The molecule has 1 amide bonds. The molecule has 2 heterocycles. The van der Waals surface area contributed by atoms with Gasteiger partial charge in [0.15, 0.2) is 0 Å². The number of carboxylic acid groups (broad SMARTS) is 1. The molecule has 1 aromatic carbocycles. The van der Waals surface area contributed by atoms with E-state index in [9.17, 15) is 14.0 Å². The number of hydrogen-bond acceptors (Lipinski definition) is 4. The predicted molar refractivity (Wildman–Crippen MR) is 91.4 cm³/mol. The molecule has 1 aliphatic heterocycles. The van der Waals surface area contributed by atoms with Crippen molar-refractivity contribution in [1.29, 1.82) is 0 Å². The fraction of sp³-hybridized carbons (Fsp3) is 0.333. The molecule has 1 fully saturated rings. The van der Waals surface area contributed by atoms with Crippen LogP contribution in [0, 0.1) is 5.82 Å². The lowest BCUT2D eigenvalue weighted by Gasteiger charge is -2.25. The summed E-state index contributed by atoms with van der Waals surface area (Å²) in [6.45, 7) is 1.32. The zero-order chi connectivity index (χ0) is 17.8. The van der Waals surface area contributed by atoms with Gasteiger partial charge in [-0.25, -0.2) is 9.18 Å². The molecule has 1 aromatic heterocycles. The van der Waals surface area contributed by atoms with Crippen LogP contribution in [0.15, 0.2) is 36.4 Å². The lowest BCUT2D eigenvalue weighted by atomic mass is 10.1. The van der Waals surface area contributed by atoms with Crippen LogP contribution in [0.1, 0.15) is 37.7 Å². The standard InChI is InChI=1S/C18H18FNO4S/c19-13-4-1-3-12(9-13)10-20(11-14-5-2-8-24-14)17(21)15-6-7-16(25-15)18(22)23/h1,3-4,6-7,9,14H,2,5,8,10-11H2,(H,22,23). The van der Waals surface area contributed by atoms with Crippen molar-refractivity contribution in [2.75, 3.05) is 13.2 Å². The first kappa shape index (κ1) is 17.6. The molecule has 1 N–H and O–H groups in total. The van der Waals surface area contributed by atoms with Crippen molar-refractivity contribution in [2.24, 2.45) is 0 Å². The van der Waals surface area contributed by atoms with Gasteiger partial charge in [0.1, 0.15) is 10.7 Å². The van der Waals surface area contributed by atoms with Gasteiger partial charge in [0.05, 0.1) is 11.0 Å². The summed E-state index contributed by atoms with van der Waals surface area (Å²) in [5.41, 5.74) is 0.682. The third kappa shape index (κ3) is 4.43. The van der Waals surface area contributed by atoms with Gasteiger partial charge in [-0.05, 0) is 42.7 Å². The second-order valence-electron chi connectivity index (χ2n) is 5.92. The lowest BCUT2D eigenvalue weighted by Crippen LogP contribution is -2.36. The topological polar surface area (TPSA) is 66.8 Å². The van der Waals surface area contributed by atoms with Gasteiger partial charge in [-0.2, -0.15) is 0 Å². The maximum atomic E-state index is 13.4. The molecule has 7 heteroatoms. The Morgan fingerprint density at radius 1 is 1.28 bits per heavy atom. The Morgan fingerprint density at radius 2 is 2.08 bits per heavy atom. The number of carboxylic acids is 1. The normalized spacial score (nSPS) is 16.8. The van der Waals surface area contributed by atoms with Gasteiger partial charge in [0.2, 0.25) is 0 Å². The van der Waals surface area contributed by atoms with Crippen LogP contribution in [-0.2, 0) is 11.3 Å². The van der Waals surface area contributed by atoms with Crippen LogP contribution < -0.4 is 0 Å². The van der Waals surface area contributed by atoms with E-state index < -0.39 is 5.97 Å². The molecule has 25 heavy (non-hydrogen) atoms. The first-order valence-electron chi connectivity index (χ1n) is 8.01. The Bertz CT molecular complexity index is 770. The Hall–Kier alpha value is -2.25. The molecule has 0 bridgehead atoms. The quantitative estimate of drug-likeness (QED) is 0.854. The first-order chi connectivity index (χ1) is 12.0. The van der Waals surface area contributed by atoms with Crippen molar-refractivity contribution in [1.82, 2.24) is 4.90 Å². The summed E-state index contributed by atoms with van der Waals surface area (Å²) in [6.07, 6.45) is 1.78. The molecule has 0 saturated carbocycles. The number of ether oxygens (including phenoxy) is 1. The Balaban J connectivity index is 1.80. The monoisotopic (exact) mass is 363 g/mol. The highest BCUT2D eigenvalue weighted by molar-refractivity contribution is 7.15. The van der Waals surface area contributed by atoms with Gasteiger partial charge in [-0.1, -0.05) is 12.1 Å². The van der Waals surface area contributed by atoms with Crippen LogP contribution in [0.3, 0.4) is 0 Å². The van der Waals surface area contributed by atoms with Crippen LogP contribution in [0.2, 0.25) is 0 Å². The average molecular weight is 363 g/mol. The highest BCUT2D eigenvalue weighted by Crippen LogP contribution is 2.22. The van der Waals surface area contributed by atoms with Gasteiger partial charge >= 0.3 is 5.97 Å². The van der Waals surface area contributed by atoms with E-state index in [1.807, 2.05) is 0 Å². The number of aromatic carboxylic acids is 1. The number of halogens is 1. The highest BCUT2D eigenvalue weighted by atomic mass is 32.1. The summed E-state index contributed by atoms with van der Waals surface area (Å²) >= 11 is 0.943. The molecule has 1 atom stereocenters. The molecule has 0 spiro atoms. The fourth-order valence-corrected chi connectivity index (χ4v) is 3.65. The van der Waals surface area contributed by atoms with Crippen molar-refractivity contribution in [3.05, 3.63) is 57.5 Å². The molecular formula is C18H18FNO4S. The minimum Gasteiger partial charge on any atom is -0.477 e. The number of rotatable bonds is 6. The van der Waals surface area contributed by atoms with Crippen LogP contribution >= 0.6 is 11.3 Å². The summed E-state index contributed by atoms with van der Waals surface area (Å²) in [4.78, 5) is 26.0. The Morgan fingerprint density at radius 3 is 2.72 bits per heavy atom. The maximum absolute atomic E-state index is 13.4. The number of benzene rings is 1. The van der Waals surface area contributed by atoms with E-state index in [4.69, 9.17) is 9.84 Å².